The fourth-order valence-corrected chi connectivity index (χ4v) is 1.40. The standard InChI is InChI=1S/C8H7IN4/c9-6-2-12-13(5-6)8-1-7(10)3-11-4-8/h1-5H,10H2. The van der Waals surface area contributed by atoms with Crippen LogP contribution in [-0.2, 0) is 0 Å². The number of halogens is 1. The molecule has 0 saturated carbocycles. The maximum absolute atomic E-state index is 5.60. The normalized spacial score (nSPS) is 10.2. The molecule has 0 atom stereocenters. The third-order valence-corrected chi connectivity index (χ3v) is 2.12. The van der Waals surface area contributed by atoms with Crippen LogP contribution >= 0.6 is 22.6 Å². The van der Waals surface area contributed by atoms with Gasteiger partial charge in [-0.2, -0.15) is 5.10 Å². The van der Waals surface area contributed by atoms with Crippen molar-refractivity contribution < 1.29 is 0 Å². The summed E-state index contributed by atoms with van der Waals surface area (Å²) in [7, 11) is 0. The van der Waals surface area contributed by atoms with Gasteiger partial charge in [-0.15, -0.1) is 0 Å². The average molecular weight is 286 g/mol. The van der Waals surface area contributed by atoms with E-state index in [1.165, 1.54) is 0 Å². The van der Waals surface area contributed by atoms with Crippen molar-refractivity contribution in [1.29, 1.82) is 0 Å². The van der Waals surface area contributed by atoms with E-state index >= 15 is 0 Å². The van der Waals surface area contributed by atoms with Gasteiger partial charge in [0.2, 0.25) is 0 Å². The van der Waals surface area contributed by atoms with Crippen LogP contribution in [0.3, 0.4) is 0 Å². The van der Waals surface area contributed by atoms with Crippen LogP contribution in [0.5, 0.6) is 0 Å². The summed E-state index contributed by atoms with van der Waals surface area (Å²) in [6.45, 7) is 0. The van der Waals surface area contributed by atoms with Gasteiger partial charge >= 0.3 is 0 Å². The van der Waals surface area contributed by atoms with Gasteiger partial charge in [0.15, 0.2) is 0 Å². The predicted molar refractivity (Wildman–Crippen MR) is 58.5 cm³/mol. The van der Waals surface area contributed by atoms with Gasteiger partial charge in [0.1, 0.15) is 0 Å². The predicted octanol–water partition coefficient (Wildman–Crippen LogP) is 1.45. The van der Waals surface area contributed by atoms with Gasteiger partial charge < -0.3 is 5.73 Å². The van der Waals surface area contributed by atoms with Crippen LogP contribution < -0.4 is 5.73 Å². The number of aromatic nitrogens is 3. The zero-order valence-corrected chi connectivity index (χ0v) is 8.84. The molecular formula is C8H7IN4. The third-order valence-electron chi connectivity index (χ3n) is 1.56. The molecule has 0 aromatic carbocycles. The summed E-state index contributed by atoms with van der Waals surface area (Å²) in [6.07, 6.45) is 7.03. The number of nitrogens with zero attached hydrogens (tertiary/aromatic N) is 3. The van der Waals surface area contributed by atoms with E-state index in [4.69, 9.17) is 5.73 Å². The van der Waals surface area contributed by atoms with Crippen molar-refractivity contribution in [3.8, 4) is 5.69 Å². The second-order valence-electron chi connectivity index (χ2n) is 2.58. The Kier molecular flexibility index (Phi) is 2.17. The lowest BCUT2D eigenvalue weighted by molar-refractivity contribution is 0.874. The first-order chi connectivity index (χ1) is 6.25. The van der Waals surface area contributed by atoms with Crippen molar-refractivity contribution in [2.24, 2.45) is 0 Å². The first-order valence-corrected chi connectivity index (χ1v) is 4.74. The summed E-state index contributed by atoms with van der Waals surface area (Å²) in [6, 6.07) is 1.83. The number of rotatable bonds is 1. The van der Waals surface area contributed by atoms with Gasteiger partial charge in [0.25, 0.3) is 0 Å². The van der Waals surface area contributed by atoms with Crippen LogP contribution in [0.25, 0.3) is 5.69 Å². The molecular weight excluding hydrogens is 279 g/mol. The molecule has 0 unspecified atom stereocenters. The SMILES string of the molecule is Nc1cncc(-n2cc(I)cn2)c1. The van der Waals surface area contributed by atoms with E-state index < -0.39 is 0 Å². The molecule has 2 N–H and O–H groups in total. The number of anilines is 1. The maximum Gasteiger partial charge on any atom is 0.0849 e. The van der Waals surface area contributed by atoms with E-state index in [-0.39, 0.29) is 0 Å². The highest BCUT2D eigenvalue weighted by Crippen LogP contribution is 2.10. The lowest BCUT2D eigenvalue weighted by Gasteiger charge is -2.00. The zero-order chi connectivity index (χ0) is 9.26. The van der Waals surface area contributed by atoms with Crippen LogP contribution in [0.15, 0.2) is 30.9 Å². The molecule has 0 aliphatic heterocycles. The molecule has 13 heavy (non-hydrogen) atoms. The molecule has 0 saturated heterocycles. The number of nitrogens with two attached hydrogens (primary N) is 1. The van der Waals surface area contributed by atoms with Crippen LogP contribution in [-0.4, -0.2) is 14.8 Å². The minimum atomic E-state index is 0.642. The van der Waals surface area contributed by atoms with Crippen molar-refractivity contribution in [2.75, 3.05) is 5.73 Å². The first-order valence-electron chi connectivity index (χ1n) is 3.67. The summed E-state index contributed by atoms with van der Waals surface area (Å²) in [4.78, 5) is 3.98. The largest absolute Gasteiger partial charge is 0.397 e. The Balaban J connectivity index is 2.46. The maximum atomic E-state index is 5.60. The number of hydrogen-bond acceptors (Lipinski definition) is 3. The first kappa shape index (κ1) is 8.49. The quantitative estimate of drug-likeness (QED) is 0.807. The van der Waals surface area contributed by atoms with E-state index in [1.54, 1.807) is 23.3 Å². The highest BCUT2D eigenvalue weighted by molar-refractivity contribution is 14.1. The Morgan fingerprint density at radius 1 is 1.31 bits per heavy atom. The third kappa shape index (κ3) is 1.80. The molecule has 0 bridgehead atoms. The van der Waals surface area contributed by atoms with Gasteiger partial charge in [-0.25, -0.2) is 4.68 Å². The van der Waals surface area contributed by atoms with E-state index in [9.17, 15) is 0 Å². The Labute approximate surface area is 88.9 Å². The fraction of sp³-hybridized carbons (Fsp3) is 0. The smallest absolute Gasteiger partial charge is 0.0849 e. The zero-order valence-electron chi connectivity index (χ0n) is 6.68. The van der Waals surface area contributed by atoms with E-state index in [1.807, 2.05) is 12.3 Å². The number of pyridine rings is 1. The molecule has 4 nitrogen and oxygen atoms in total. The molecule has 5 heteroatoms. The van der Waals surface area contributed by atoms with Gasteiger partial charge in [-0.05, 0) is 28.7 Å². The average Bonchev–Trinajstić information content (AvgIpc) is 2.52. The summed E-state index contributed by atoms with van der Waals surface area (Å²) in [5, 5.41) is 4.14. The molecule has 2 rings (SSSR count). The van der Waals surface area contributed by atoms with E-state index in [0.29, 0.717) is 5.69 Å². The number of hydrogen-bond donors (Lipinski definition) is 1. The Bertz CT molecular complexity index is 424. The Morgan fingerprint density at radius 2 is 2.15 bits per heavy atom. The Hall–Kier alpha value is -1.11. The van der Waals surface area contributed by atoms with Gasteiger partial charge in [-0.1, -0.05) is 0 Å². The van der Waals surface area contributed by atoms with Gasteiger partial charge in [-0.3, -0.25) is 4.98 Å². The summed E-state index contributed by atoms with van der Waals surface area (Å²) in [5.74, 6) is 0. The van der Waals surface area contributed by atoms with E-state index in [2.05, 4.69) is 32.7 Å². The minimum Gasteiger partial charge on any atom is -0.397 e. The molecule has 0 fully saturated rings. The van der Waals surface area contributed by atoms with E-state index in [0.717, 1.165) is 9.26 Å². The van der Waals surface area contributed by atoms with Crippen LogP contribution in [0.1, 0.15) is 0 Å². The lowest BCUT2D eigenvalue weighted by atomic mass is 10.4. The minimum absolute atomic E-state index is 0.642. The molecule has 2 heterocycles. The Morgan fingerprint density at radius 3 is 2.77 bits per heavy atom. The van der Waals surface area contributed by atoms with Crippen molar-refractivity contribution >= 4 is 28.3 Å². The molecule has 2 aromatic rings. The highest BCUT2D eigenvalue weighted by Gasteiger charge is 1.98. The monoisotopic (exact) mass is 286 g/mol. The molecule has 0 radical (unpaired) electrons. The number of nitrogen functional groups attached to an aromatic ring is 1. The molecule has 0 spiro atoms. The van der Waals surface area contributed by atoms with Crippen molar-refractivity contribution in [2.45, 2.75) is 0 Å². The fourth-order valence-electron chi connectivity index (χ4n) is 1.01. The van der Waals surface area contributed by atoms with Crippen LogP contribution in [0.2, 0.25) is 0 Å². The molecule has 2 aromatic heterocycles. The highest BCUT2D eigenvalue weighted by atomic mass is 127. The molecule has 0 amide bonds. The van der Waals surface area contributed by atoms with Crippen molar-refractivity contribution in [1.82, 2.24) is 14.8 Å². The molecule has 0 aliphatic carbocycles. The second kappa shape index (κ2) is 3.33. The van der Waals surface area contributed by atoms with Gasteiger partial charge in [0.05, 0.1) is 27.3 Å². The summed E-state index contributed by atoms with van der Waals surface area (Å²) in [5.41, 5.74) is 7.12. The topological polar surface area (TPSA) is 56.7 Å². The summed E-state index contributed by atoms with van der Waals surface area (Å²) < 4.78 is 2.82. The van der Waals surface area contributed by atoms with Crippen LogP contribution in [0, 0.1) is 3.57 Å². The van der Waals surface area contributed by atoms with Crippen molar-refractivity contribution in [3.05, 3.63) is 34.4 Å². The van der Waals surface area contributed by atoms with Gasteiger partial charge in [0, 0.05) is 12.4 Å². The lowest BCUT2D eigenvalue weighted by Crippen LogP contribution is -1.96. The summed E-state index contributed by atoms with van der Waals surface area (Å²) >= 11 is 2.20. The van der Waals surface area contributed by atoms with Crippen molar-refractivity contribution in [3.63, 3.8) is 0 Å². The van der Waals surface area contributed by atoms with Crippen LogP contribution in [0.4, 0.5) is 5.69 Å². The second-order valence-corrected chi connectivity index (χ2v) is 3.83. The molecule has 66 valence electrons. The molecule has 0 aliphatic rings.